The molecule has 0 atom stereocenters. The third kappa shape index (κ3) is 4.67. The summed E-state index contributed by atoms with van der Waals surface area (Å²) in [6, 6.07) is 32.8. The largest absolute Gasteiger partial charge is 3.00 e. The Kier molecular flexibility index (Phi) is 6.85. The molecule has 0 saturated carbocycles. The second-order valence-electron chi connectivity index (χ2n) is 8.54. The van der Waals surface area contributed by atoms with Gasteiger partial charge in [-0.3, -0.25) is 0 Å². The van der Waals surface area contributed by atoms with Crippen molar-refractivity contribution in [1.82, 2.24) is 9.55 Å². The van der Waals surface area contributed by atoms with E-state index in [1.165, 1.54) is 20.8 Å². The molecule has 1 aliphatic heterocycles. The maximum Gasteiger partial charge on any atom is 3.00 e. The number of hydrogen-bond acceptors (Lipinski definition) is 2. The van der Waals surface area contributed by atoms with E-state index in [4.69, 9.17) is 0 Å². The number of benzene rings is 3. The van der Waals surface area contributed by atoms with Crippen LogP contribution in [0.3, 0.4) is 0 Å². The van der Waals surface area contributed by atoms with Crippen LogP contribution in [-0.2, 0) is 25.6 Å². The van der Waals surface area contributed by atoms with Crippen LogP contribution >= 0.6 is 11.8 Å². The Balaban J connectivity index is 0.000000172. The Morgan fingerprint density at radius 1 is 0.848 bits per heavy atom. The number of nitrogens with zero attached hydrogens (tertiary/aromatic N) is 3. The molecule has 0 radical (unpaired) electrons. The van der Waals surface area contributed by atoms with Crippen molar-refractivity contribution in [1.29, 1.82) is 0 Å². The summed E-state index contributed by atoms with van der Waals surface area (Å²) in [5.41, 5.74) is 5.58. The van der Waals surface area contributed by atoms with Crippen LogP contribution in [0.5, 0.6) is 0 Å². The van der Waals surface area contributed by atoms with Crippen molar-refractivity contribution in [3.8, 4) is 16.9 Å². The molecule has 0 bridgehead atoms. The molecular weight excluding hydrogens is 603 g/mol. The Morgan fingerprint density at radius 2 is 1.64 bits per heavy atom. The minimum atomic E-state index is 0. The zero-order chi connectivity index (χ0) is 22.1. The quantitative estimate of drug-likeness (QED) is 0.158. The van der Waals surface area contributed by atoms with Crippen LogP contribution in [0.25, 0.3) is 28.0 Å². The molecule has 3 aromatic carbocycles. The van der Waals surface area contributed by atoms with Gasteiger partial charge in [0, 0.05) is 6.20 Å². The second kappa shape index (κ2) is 9.64. The zero-order valence-electron chi connectivity index (χ0n) is 18.7. The second-order valence-corrected chi connectivity index (χ2v) is 9.63. The van der Waals surface area contributed by atoms with Crippen LogP contribution in [-0.4, -0.2) is 9.55 Å². The number of hydrogen-bond donors (Lipinski definition) is 0. The molecule has 0 unspecified atom stereocenters. The Labute approximate surface area is 212 Å². The van der Waals surface area contributed by atoms with Crippen LogP contribution in [0.15, 0.2) is 94.9 Å². The normalized spacial score (nSPS) is 11.7. The van der Waals surface area contributed by atoms with Crippen LogP contribution in [0.4, 0.5) is 0 Å². The first-order chi connectivity index (χ1) is 15.5. The van der Waals surface area contributed by atoms with E-state index in [0.717, 1.165) is 16.9 Å². The van der Waals surface area contributed by atoms with Crippen molar-refractivity contribution >= 4 is 22.8 Å². The number of imidazole rings is 1. The Hall–Kier alpha value is -2.72. The van der Waals surface area contributed by atoms with Crippen LogP contribution in [0.1, 0.15) is 20.8 Å². The summed E-state index contributed by atoms with van der Waals surface area (Å²) in [6.07, 6.45) is 5.30. The van der Waals surface area contributed by atoms with Gasteiger partial charge in [-0.1, -0.05) is 40.9 Å². The summed E-state index contributed by atoms with van der Waals surface area (Å²) in [7, 11) is 0. The van der Waals surface area contributed by atoms with Gasteiger partial charge in [-0.2, -0.15) is 36.0 Å². The van der Waals surface area contributed by atoms with E-state index in [1.54, 1.807) is 6.20 Å². The fraction of sp³-hybridized carbons (Fsp3) is 0.143. The number of pyridine rings is 1. The molecule has 0 spiro atoms. The molecule has 0 N–H and O–H groups in total. The molecule has 6 rings (SSSR count). The van der Waals surface area contributed by atoms with E-state index in [9.17, 15) is 0 Å². The maximum atomic E-state index is 4.22. The van der Waals surface area contributed by atoms with Crippen molar-refractivity contribution in [2.75, 3.05) is 0 Å². The summed E-state index contributed by atoms with van der Waals surface area (Å²) in [6.45, 7) is 6.63. The number of para-hydroxylation sites is 2. The molecule has 0 saturated heterocycles. The zero-order valence-corrected chi connectivity index (χ0v) is 21.9. The third-order valence-electron chi connectivity index (χ3n) is 5.20. The van der Waals surface area contributed by atoms with Crippen LogP contribution in [0.2, 0.25) is 0 Å². The fourth-order valence-corrected chi connectivity index (χ4v) is 4.81. The van der Waals surface area contributed by atoms with E-state index in [0.29, 0.717) is 0 Å². The average Bonchev–Trinajstić information content (AvgIpc) is 3.23. The number of rotatable bonds is 1. The molecule has 33 heavy (non-hydrogen) atoms. The van der Waals surface area contributed by atoms with Crippen molar-refractivity contribution in [3.63, 3.8) is 0 Å². The van der Waals surface area contributed by atoms with Gasteiger partial charge >= 0.3 is 20.1 Å². The minimum Gasteiger partial charge on any atom is -0.340 e. The van der Waals surface area contributed by atoms with E-state index in [2.05, 4.69) is 77.6 Å². The molecule has 5 heteroatoms. The predicted octanol–water partition coefficient (Wildman–Crippen LogP) is 6.28. The monoisotopic (exact) mass is 626 g/mol. The van der Waals surface area contributed by atoms with E-state index >= 15 is 0 Å². The SMILES string of the molecule is CC(C)(C)n1[c-][n+]2c3c(cccc31)Sc1ccc[c-]c1-2.[Ir+3].[c-]1ccccc1-c1ccccn1. The fourth-order valence-electron chi connectivity index (χ4n) is 3.74. The van der Waals surface area contributed by atoms with Crippen LogP contribution in [0, 0.1) is 18.5 Å². The van der Waals surface area contributed by atoms with Crippen molar-refractivity contribution < 1.29 is 24.7 Å². The molecular formula is C28H23IrN3S+. The van der Waals surface area contributed by atoms with Crippen molar-refractivity contribution in [3.05, 3.63) is 104 Å². The van der Waals surface area contributed by atoms with Crippen LogP contribution < -0.4 is 4.57 Å². The first-order valence-corrected chi connectivity index (χ1v) is 11.4. The molecule has 0 amide bonds. The van der Waals surface area contributed by atoms with Gasteiger partial charge in [0.2, 0.25) is 6.33 Å². The number of fused-ring (bicyclic) bond motifs is 2. The molecule has 0 aliphatic carbocycles. The Bertz CT molecular complexity index is 1340. The summed E-state index contributed by atoms with van der Waals surface area (Å²) in [5.74, 6) is 0. The summed E-state index contributed by atoms with van der Waals surface area (Å²) >= 11 is 1.81. The molecule has 1 aliphatic rings. The Morgan fingerprint density at radius 3 is 2.36 bits per heavy atom. The topological polar surface area (TPSA) is 21.7 Å². The molecule has 3 heterocycles. The van der Waals surface area contributed by atoms with E-state index in [-0.39, 0.29) is 25.6 Å². The van der Waals surface area contributed by atoms with Gasteiger partial charge in [0.05, 0.1) is 16.6 Å². The molecule has 2 aromatic heterocycles. The van der Waals surface area contributed by atoms with Gasteiger partial charge in [0.1, 0.15) is 0 Å². The van der Waals surface area contributed by atoms with Gasteiger partial charge in [-0.05, 0) is 37.4 Å². The van der Waals surface area contributed by atoms with Gasteiger partial charge in [-0.15, -0.1) is 35.9 Å². The van der Waals surface area contributed by atoms with E-state index < -0.39 is 0 Å². The van der Waals surface area contributed by atoms with Gasteiger partial charge in [0.15, 0.2) is 0 Å². The summed E-state index contributed by atoms with van der Waals surface area (Å²) in [5, 5.41) is 0. The number of aromatic nitrogens is 3. The van der Waals surface area contributed by atoms with E-state index in [1.807, 2.05) is 66.4 Å². The first kappa shape index (κ1) is 23.4. The summed E-state index contributed by atoms with van der Waals surface area (Å²) in [4.78, 5) is 6.74. The van der Waals surface area contributed by atoms with Gasteiger partial charge in [-0.25, -0.2) is 0 Å². The maximum absolute atomic E-state index is 4.22. The van der Waals surface area contributed by atoms with Crippen molar-refractivity contribution in [2.45, 2.75) is 36.1 Å². The smallest absolute Gasteiger partial charge is 0.340 e. The predicted molar refractivity (Wildman–Crippen MR) is 129 cm³/mol. The molecule has 0 fully saturated rings. The molecule has 5 aromatic rings. The molecule has 164 valence electrons. The minimum absolute atomic E-state index is 0. The standard InChI is InChI=1S/C17H15N2S.C11H8N.Ir/c1-17(2,3)19-11-18-12-7-4-5-9-14(12)20-15-10-6-8-13(19)16(15)18;1-2-6-10(7-3-1)11-8-4-5-9-12-11;/h4-6,8-10H,1-3H3;1-6,8-9H;/q2*-1;+3. The van der Waals surface area contributed by atoms with Gasteiger partial charge in [0.25, 0.3) is 0 Å². The van der Waals surface area contributed by atoms with Gasteiger partial charge < -0.3 is 14.1 Å². The summed E-state index contributed by atoms with van der Waals surface area (Å²) < 4.78 is 4.38. The first-order valence-electron chi connectivity index (χ1n) is 10.6. The average molecular weight is 626 g/mol. The molecule has 3 nitrogen and oxygen atoms in total. The van der Waals surface area contributed by atoms with Crippen molar-refractivity contribution in [2.24, 2.45) is 0 Å². The third-order valence-corrected chi connectivity index (χ3v) is 6.30.